The van der Waals surface area contributed by atoms with Crippen LogP contribution < -0.4 is 10.2 Å². The molecule has 1 N–H and O–H groups in total. The van der Waals surface area contributed by atoms with E-state index in [0.717, 1.165) is 30.8 Å². The summed E-state index contributed by atoms with van der Waals surface area (Å²) in [5.74, 6) is -1.82. The second-order valence-corrected chi connectivity index (χ2v) is 8.72. The van der Waals surface area contributed by atoms with Gasteiger partial charge in [-0.15, -0.1) is 0 Å². The van der Waals surface area contributed by atoms with Crippen molar-refractivity contribution in [2.45, 2.75) is 32.8 Å². The lowest BCUT2D eigenvalue weighted by molar-refractivity contribution is -0.120. The summed E-state index contributed by atoms with van der Waals surface area (Å²) < 4.78 is 5.15. The molecule has 0 saturated carbocycles. The van der Waals surface area contributed by atoms with Crippen LogP contribution in [0.3, 0.4) is 0 Å². The van der Waals surface area contributed by atoms with Gasteiger partial charge in [0.2, 0.25) is 0 Å². The molecule has 0 aliphatic carbocycles. The summed E-state index contributed by atoms with van der Waals surface area (Å²) in [6.07, 6.45) is 1.75. The Kier molecular flexibility index (Phi) is 6.70. The van der Waals surface area contributed by atoms with E-state index < -0.39 is 17.8 Å². The number of carbonyl (C=O) groups excluding carboxylic acids is 4. The van der Waals surface area contributed by atoms with E-state index in [2.05, 4.69) is 5.32 Å². The molecule has 0 bridgehead atoms. The van der Waals surface area contributed by atoms with E-state index in [0.29, 0.717) is 16.8 Å². The number of nitrogens with one attached hydrogen (secondary N) is 1. The zero-order valence-electron chi connectivity index (χ0n) is 18.8. The fourth-order valence-electron chi connectivity index (χ4n) is 3.82. The van der Waals surface area contributed by atoms with E-state index in [1.54, 1.807) is 38.1 Å². The molecular weight excluding hydrogens is 458 g/mol. The van der Waals surface area contributed by atoms with Gasteiger partial charge in [0.1, 0.15) is 10.7 Å². The van der Waals surface area contributed by atoms with Crippen molar-refractivity contribution < 1.29 is 23.9 Å². The summed E-state index contributed by atoms with van der Waals surface area (Å²) in [7, 11) is 0. The minimum absolute atomic E-state index is 0.0275. The molecule has 2 aliphatic heterocycles. The Balaban J connectivity index is 1.47. The predicted octanol–water partition coefficient (Wildman–Crippen LogP) is 3.92. The van der Waals surface area contributed by atoms with Crippen LogP contribution >= 0.6 is 11.6 Å². The number of amides is 3. The van der Waals surface area contributed by atoms with Crippen LogP contribution in [0.1, 0.15) is 47.4 Å². The zero-order valence-corrected chi connectivity index (χ0v) is 19.6. The quantitative estimate of drug-likeness (QED) is 0.496. The number of nitrogens with zero attached hydrogens (tertiary/aromatic N) is 2. The van der Waals surface area contributed by atoms with Gasteiger partial charge in [0.05, 0.1) is 17.4 Å². The summed E-state index contributed by atoms with van der Waals surface area (Å²) >= 11 is 6.20. The number of likely N-dealkylation sites (tertiary alicyclic amines) is 1. The van der Waals surface area contributed by atoms with Crippen LogP contribution in [0.15, 0.2) is 59.3 Å². The van der Waals surface area contributed by atoms with Gasteiger partial charge in [0.25, 0.3) is 17.7 Å². The number of ether oxygens (including phenoxy) is 1. The molecular formula is C25H24ClN3O5. The third kappa shape index (κ3) is 4.68. The molecule has 0 spiro atoms. The summed E-state index contributed by atoms with van der Waals surface area (Å²) in [5, 5.41) is 2.65. The lowest BCUT2D eigenvalue weighted by Crippen LogP contribution is -2.32. The molecule has 0 unspecified atom stereocenters. The number of esters is 1. The molecule has 2 aliphatic rings. The van der Waals surface area contributed by atoms with Crippen molar-refractivity contribution >= 4 is 46.7 Å². The van der Waals surface area contributed by atoms with Crippen molar-refractivity contribution in [3.63, 3.8) is 0 Å². The molecule has 3 amide bonds. The van der Waals surface area contributed by atoms with Crippen molar-refractivity contribution in [1.29, 1.82) is 0 Å². The Hall–Kier alpha value is -3.65. The van der Waals surface area contributed by atoms with Gasteiger partial charge < -0.3 is 15.0 Å². The Morgan fingerprint density at radius 3 is 2.09 bits per heavy atom. The summed E-state index contributed by atoms with van der Waals surface area (Å²) in [4.78, 5) is 53.0. The van der Waals surface area contributed by atoms with Gasteiger partial charge in [-0.05, 0) is 75.2 Å². The third-order valence-corrected chi connectivity index (χ3v) is 5.88. The molecule has 0 atom stereocenters. The number of imide groups is 1. The number of carbonyl (C=O) groups is 4. The van der Waals surface area contributed by atoms with Gasteiger partial charge in [0.15, 0.2) is 0 Å². The number of anilines is 2. The molecule has 8 nitrogen and oxygen atoms in total. The highest BCUT2D eigenvalue weighted by molar-refractivity contribution is 6.53. The number of hydrogen-bond donors (Lipinski definition) is 1. The number of hydrogen-bond acceptors (Lipinski definition) is 6. The Bertz CT molecular complexity index is 1170. The molecule has 34 heavy (non-hydrogen) atoms. The number of rotatable bonds is 6. The Morgan fingerprint density at radius 1 is 0.912 bits per heavy atom. The van der Waals surface area contributed by atoms with Crippen molar-refractivity contribution in [3.8, 4) is 0 Å². The molecule has 176 valence electrons. The maximum atomic E-state index is 13.0. The Morgan fingerprint density at radius 2 is 1.50 bits per heavy atom. The summed E-state index contributed by atoms with van der Waals surface area (Å²) in [6.45, 7) is 5.01. The molecule has 0 aromatic heterocycles. The first-order chi connectivity index (χ1) is 16.3. The third-order valence-electron chi connectivity index (χ3n) is 5.53. The van der Waals surface area contributed by atoms with E-state index in [-0.39, 0.29) is 28.4 Å². The van der Waals surface area contributed by atoms with Crippen LogP contribution in [-0.2, 0) is 14.3 Å². The first kappa shape index (κ1) is 23.5. The monoisotopic (exact) mass is 481 g/mol. The van der Waals surface area contributed by atoms with Crippen molar-refractivity contribution in [3.05, 3.63) is 70.4 Å². The van der Waals surface area contributed by atoms with Crippen LogP contribution in [-0.4, -0.2) is 47.8 Å². The minimum Gasteiger partial charge on any atom is -0.459 e. The first-order valence-corrected chi connectivity index (χ1v) is 11.4. The molecule has 4 rings (SSSR count). The van der Waals surface area contributed by atoms with E-state index in [1.165, 1.54) is 24.3 Å². The second kappa shape index (κ2) is 9.69. The fourth-order valence-corrected chi connectivity index (χ4v) is 4.03. The number of halogens is 1. The largest absolute Gasteiger partial charge is 0.459 e. The molecule has 2 aromatic carbocycles. The molecule has 0 radical (unpaired) electrons. The van der Waals surface area contributed by atoms with Crippen LogP contribution in [0, 0.1) is 0 Å². The highest BCUT2D eigenvalue weighted by Gasteiger charge is 2.39. The topological polar surface area (TPSA) is 96.0 Å². The van der Waals surface area contributed by atoms with Gasteiger partial charge in [-0.25, -0.2) is 9.69 Å². The van der Waals surface area contributed by atoms with Crippen molar-refractivity contribution in [2.75, 3.05) is 23.3 Å². The molecule has 2 aromatic rings. The second-order valence-electron chi connectivity index (χ2n) is 8.34. The fraction of sp³-hybridized carbons (Fsp3) is 0.280. The average molecular weight is 482 g/mol. The highest BCUT2D eigenvalue weighted by Crippen LogP contribution is 2.30. The van der Waals surface area contributed by atoms with Gasteiger partial charge in [-0.3, -0.25) is 14.4 Å². The van der Waals surface area contributed by atoms with Crippen molar-refractivity contribution in [1.82, 2.24) is 4.90 Å². The van der Waals surface area contributed by atoms with E-state index >= 15 is 0 Å². The lowest BCUT2D eigenvalue weighted by atomic mass is 10.1. The predicted molar refractivity (Wildman–Crippen MR) is 128 cm³/mol. The molecule has 1 saturated heterocycles. The standard InChI is InChI=1S/C25H24ClN3O5/c1-15(2)34-25(33)17-7-11-19(12-8-17)29-23(31)20(26)21(24(29)32)27-18-9-5-16(6-10-18)22(30)28-13-3-4-14-28/h5-12,15,27H,3-4,13-14H2,1-2H3. The first-order valence-electron chi connectivity index (χ1n) is 11.0. The van der Waals surface area contributed by atoms with Gasteiger partial charge in [-0.1, -0.05) is 11.6 Å². The van der Waals surface area contributed by atoms with Crippen LogP contribution in [0.25, 0.3) is 0 Å². The molecule has 2 heterocycles. The maximum Gasteiger partial charge on any atom is 0.338 e. The molecule has 9 heteroatoms. The van der Waals surface area contributed by atoms with E-state index in [9.17, 15) is 19.2 Å². The minimum atomic E-state index is -0.674. The van der Waals surface area contributed by atoms with E-state index in [1.807, 2.05) is 4.90 Å². The maximum absolute atomic E-state index is 13.0. The van der Waals surface area contributed by atoms with E-state index in [4.69, 9.17) is 16.3 Å². The average Bonchev–Trinajstić information content (AvgIpc) is 3.43. The van der Waals surface area contributed by atoms with Crippen LogP contribution in [0.2, 0.25) is 0 Å². The SMILES string of the molecule is CC(C)OC(=O)c1ccc(N2C(=O)C(Cl)=C(Nc3ccc(C(=O)N4CCCC4)cc3)C2=O)cc1. The van der Waals surface area contributed by atoms with Crippen LogP contribution in [0.5, 0.6) is 0 Å². The molecule has 1 fully saturated rings. The van der Waals surface area contributed by atoms with Crippen molar-refractivity contribution in [2.24, 2.45) is 0 Å². The van der Waals surface area contributed by atoms with Gasteiger partial charge in [0, 0.05) is 24.3 Å². The summed E-state index contributed by atoms with van der Waals surface area (Å²) in [5.41, 5.74) is 1.59. The van der Waals surface area contributed by atoms with Gasteiger partial charge in [-0.2, -0.15) is 0 Å². The van der Waals surface area contributed by atoms with Gasteiger partial charge >= 0.3 is 5.97 Å². The van der Waals surface area contributed by atoms with Crippen LogP contribution in [0.4, 0.5) is 11.4 Å². The normalized spacial score (nSPS) is 16.0. The smallest absolute Gasteiger partial charge is 0.338 e. The highest BCUT2D eigenvalue weighted by atomic mass is 35.5. The Labute approximate surface area is 202 Å². The lowest BCUT2D eigenvalue weighted by Gasteiger charge is -2.16. The summed E-state index contributed by atoms with van der Waals surface area (Å²) in [6, 6.07) is 12.6. The zero-order chi connectivity index (χ0) is 24.4. The number of benzene rings is 2.